The maximum Gasteiger partial charge on any atom is 0.0564 e. The summed E-state index contributed by atoms with van der Waals surface area (Å²) in [5.41, 5.74) is 7.62. The summed E-state index contributed by atoms with van der Waals surface area (Å²) < 4.78 is 1.84. The minimum absolute atomic E-state index is 0.578. The Balaban J connectivity index is 2.87. The summed E-state index contributed by atoms with van der Waals surface area (Å²) in [6, 6.07) is 0. The Morgan fingerprint density at radius 2 is 2.45 bits per heavy atom. The second-order valence-electron chi connectivity index (χ2n) is 2.45. The minimum atomic E-state index is 0.578. The molecule has 1 aromatic rings. The lowest BCUT2D eigenvalue weighted by Gasteiger charge is -1.92. The van der Waals surface area contributed by atoms with Crippen LogP contribution >= 0.6 is 0 Å². The number of nitrogens with two attached hydrogens (primary N) is 1. The van der Waals surface area contributed by atoms with Gasteiger partial charge < -0.3 is 5.73 Å². The smallest absolute Gasteiger partial charge is 0.0564 e. The number of aryl methyl sites for hydroxylation is 1. The van der Waals surface area contributed by atoms with Gasteiger partial charge in [-0.15, -0.1) is 0 Å². The highest BCUT2D eigenvalue weighted by Gasteiger charge is 1.97. The van der Waals surface area contributed by atoms with E-state index >= 15 is 0 Å². The van der Waals surface area contributed by atoms with Gasteiger partial charge in [0, 0.05) is 24.8 Å². The van der Waals surface area contributed by atoms with E-state index in [0.717, 1.165) is 11.3 Å². The van der Waals surface area contributed by atoms with Crippen LogP contribution in [-0.4, -0.2) is 16.3 Å². The molecule has 0 aliphatic carbocycles. The molecule has 1 aromatic heterocycles. The van der Waals surface area contributed by atoms with Gasteiger partial charge in [-0.05, 0) is 6.92 Å². The van der Waals surface area contributed by atoms with Crippen LogP contribution in [0.2, 0.25) is 0 Å². The van der Waals surface area contributed by atoms with Crippen molar-refractivity contribution in [3.8, 4) is 0 Å². The molecule has 3 heteroatoms. The fourth-order valence-electron chi connectivity index (χ4n) is 0.874. The summed E-state index contributed by atoms with van der Waals surface area (Å²) in [5.74, 6) is 0. The molecule has 60 valence electrons. The van der Waals surface area contributed by atoms with E-state index in [9.17, 15) is 0 Å². The number of hydrogen-bond acceptors (Lipinski definition) is 2. The van der Waals surface area contributed by atoms with Crippen molar-refractivity contribution >= 4 is 6.08 Å². The zero-order valence-electron chi connectivity index (χ0n) is 6.91. The van der Waals surface area contributed by atoms with Crippen LogP contribution in [0.25, 0.3) is 6.08 Å². The van der Waals surface area contributed by atoms with Crippen LogP contribution in [-0.2, 0) is 7.05 Å². The molecule has 3 nitrogen and oxygen atoms in total. The van der Waals surface area contributed by atoms with Crippen molar-refractivity contribution in [2.75, 3.05) is 6.54 Å². The van der Waals surface area contributed by atoms with Crippen LogP contribution < -0.4 is 5.73 Å². The van der Waals surface area contributed by atoms with Gasteiger partial charge in [0.15, 0.2) is 0 Å². The van der Waals surface area contributed by atoms with Crippen molar-refractivity contribution < 1.29 is 0 Å². The normalized spacial score (nSPS) is 11.2. The molecule has 0 amide bonds. The van der Waals surface area contributed by atoms with Crippen LogP contribution in [0.3, 0.4) is 0 Å². The highest BCUT2D eigenvalue weighted by atomic mass is 15.3. The van der Waals surface area contributed by atoms with Gasteiger partial charge in [0.25, 0.3) is 0 Å². The van der Waals surface area contributed by atoms with Crippen molar-refractivity contribution in [1.29, 1.82) is 0 Å². The molecule has 0 fully saturated rings. The molecule has 1 heterocycles. The Hall–Kier alpha value is -1.09. The molecule has 0 bridgehead atoms. The van der Waals surface area contributed by atoms with Gasteiger partial charge in [-0.2, -0.15) is 5.10 Å². The summed E-state index contributed by atoms with van der Waals surface area (Å²) >= 11 is 0. The summed E-state index contributed by atoms with van der Waals surface area (Å²) in [6.45, 7) is 2.61. The summed E-state index contributed by atoms with van der Waals surface area (Å²) in [4.78, 5) is 0. The number of aromatic nitrogens is 2. The van der Waals surface area contributed by atoms with Gasteiger partial charge in [-0.25, -0.2) is 0 Å². The Labute approximate surface area is 66.5 Å². The molecule has 0 aromatic carbocycles. The third kappa shape index (κ3) is 1.68. The third-order valence-electron chi connectivity index (χ3n) is 1.71. The highest BCUT2D eigenvalue weighted by molar-refractivity contribution is 5.50. The molecule has 0 saturated carbocycles. The highest BCUT2D eigenvalue weighted by Crippen LogP contribution is 2.06. The Bertz CT molecular complexity index is 260. The molecule has 0 atom stereocenters. The lowest BCUT2D eigenvalue weighted by molar-refractivity contribution is 0.740. The zero-order valence-corrected chi connectivity index (χ0v) is 6.91. The van der Waals surface area contributed by atoms with E-state index in [1.165, 1.54) is 0 Å². The van der Waals surface area contributed by atoms with Gasteiger partial charge in [0.05, 0.1) is 6.20 Å². The number of hydrogen-bond donors (Lipinski definition) is 1. The van der Waals surface area contributed by atoms with Crippen LogP contribution in [0.1, 0.15) is 11.3 Å². The van der Waals surface area contributed by atoms with E-state index in [4.69, 9.17) is 5.73 Å². The SMILES string of the molecule is Cc1c(/C=C/CN)cnn1C. The summed E-state index contributed by atoms with van der Waals surface area (Å²) in [6.07, 6.45) is 5.74. The first-order valence-electron chi connectivity index (χ1n) is 3.61. The monoisotopic (exact) mass is 151 g/mol. The van der Waals surface area contributed by atoms with Gasteiger partial charge in [-0.1, -0.05) is 12.2 Å². The molecule has 0 radical (unpaired) electrons. The average molecular weight is 151 g/mol. The maximum absolute atomic E-state index is 5.32. The summed E-state index contributed by atoms with van der Waals surface area (Å²) in [5, 5.41) is 4.09. The Morgan fingerprint density at radius 1 is 1.73 bits per heavy atom. The zero-order chi connectivity index (χ0) is 8.27. The van der Waals surface area contributed by atoms with Crippen molar-refractivity contribution in [3.63, 3.8) is 0 Å². The number of nitrogens with zero attached hydrogens (tertiary/aromatic N) is 2. The quantitative estimate of drug-likeness (QED) is 0.676. The fourth-order valence-corrected chi connectivity index (χ4v) is 0.874. The van der Waals surface area contributed by atoms with Crippen LogP contribution in [0.15, 0.2) is 12.3 Å². The predicted molar refractivity (Wildman–Crippen MR) is 46.0 cm³/mol. The molecule has 0 aliphatic rings. The van der Waals surface area contributed by atoms with E-state index in [2.05, 4.69) is 5.10 Å². The van der Waals surface area contributed by atoms with Crippen molar-refractivity contribution in [1.82, 2.24) is 9.78 Å². The third-order valence-corrected chi connectivity index (χ3v) is 1.71. The molecule has 0 saturated heterocycles. The van der Waals surface area contributed by atoms with Crippen LogP contribution in [0.5, 0.6) is 0 Å². The molecule has 2 N–H and O–H groups in total. The van der Waals surface area contributed by atoms with Crippen molar-refractivity contribution in [3.05, 3.63) is 23.5 Å². The molecule has 0 aliphatic heterocycles. The van der Waals surface area contributed by atoms with Gasteiger partial charge in [-0.3, -0.25) is 4.68 Å². The van der Waals surface area contributed by atoms with Gasteiger partial charge >= 0.3 is 0 Å². The first-order chi connectivity index (χ1) is 5.25. The Morgan fingerprint density at radius 3 is 2.91 bits per heavy atom. The van der Waals surface area contributed by atoms with Crippen LogP contribution in [0.4, 0.5) is 0 Å². The maximum atomic E-state index is 5.32. The first-order valence-corrected chi connectivity index (χ1v) is 3.61. The predicted octanol–water partition coefficient (Wildman–Crippen LogP) is 0.700. The topological polar surface area (TPSA) is 43.8 Å². The second kappa shape index (κ2) is 3.34. The molecule has 0 spiro atoms. The molecule has 1 rings (SSSR count). The lowest BCUT2D eigenvalue weighted by Crippen LogP contribution is -1.93. The van der Waals surface area contributed by atoms with Gasteiger partial charge in [0.1, 0.15) is 0 Å². The van der Waals surface area contributed by atoms with Crippen LogP contribution in [0, 0.1) is 6.92 Å². The Kier molecular flexibility index (Phi) is 2.44. The molecule has 11 heavy (non-hydrogen) atoms. The molecular weight excluding hydrogens is 138 g/mol. The largest absolute Gasteiger partial charge is 0.327 e. The van der Waals surface area contributed by atoms with Gasteiger partial charge in [0.2, 0.25) is 0 Å². The molecular formula is C8H13N3. The number of rotatable bonds is 2. The molecule has 0 unspecified atom stereocenters. The van der Waals surface area contributed by atoms with E-state index in [1.807, 2.05) is 37.0 Å². The van der Waals surface area contributed by atoms with E-state index < -0.39 is 0 Å². The van der Waals surface area contributed by atoms with Crippen molar-refractivity contribution in [2.24, 2.45) is 12.8 Å². The van der Waals surface area contributed by atoms with E-state index in [1.54, 1.807) is 0 Å². The van der Waals surface area contributed by atoms with E-state index in [0.29, 0.717) is 6.54 Å². The van der Waals surface area contributed by atoms with E-state index in [-0.39, 0.29) is 0 Å². The second-order valence-corrected chi connectivity index (χ2v) is 2.45. The standard InChI is InChI=1S/C8H13N3/c1-7-8(4-3-5-9)6-10-11(7)2/h3-4,6H,5,9H2,1-2H3/b4-3+. The average Bonchev–Trinajstić information content (AvgIpc) is 2.31. The summed E-state index contributed by atoms with van der Waals surface area (Å²) in [7, 11) is 1.93. The minimum Gasteiger partial charge on any atom is -0.327 e. The van der Waals surface area contributed by atoms with Crippen molar-refractivity contribution in [2.45, 2.75) is 6.92 Å². The lowest BCUT2D eigenvalue weighted by atomic mass is 10.2. The fraction of sp³-hybridized carbons (Fsp3) is 0.375. The first kappa shape index (κ1) is 8.01.